The highest BCUT2D eigenvalue weighted by Gasteiger charge is 2.09. The topological polar surface area (TPSA) is 51.6 Å². The number of nitrogens with zero attached hydrogens (tertiary/aromatic N) is 1. The lowest BCUT2D eigenvalue weighted by Gasteiger charge is -2.10. The molecule has 1 N–H and O–H groups in total. The van der Waals surface area contributed by atoms with E-state index in [1.54, 1.807) is 19.4 Å². The third kappa shape index (κ3) is 3.21. The van der Waals surface area contributed by atoms with E-state index in [2.05, 4.69) is 11.1 Å². The molecule has 0 amide bonds. The summed E-state index contributed by atoms with van der Waals surface area (Å²) in [6, 6.07) is 13.4. The molecule has 0 bridgehead atoms. The summed E-state index contributed by atoms with van der Waals surface area (Å²) in [7, 11) is 1.54. The minimum atomic E-state index is 0.135. The Hall–Kier alpha value is -2.75. The zero-order valence-corrected chi connectivity index (χ0v) is 13.2. The first-order valence-electron chi connectivity index (χ1n) is 7.57. The van der Waals surface area contributed by atoms with Gasteiger partial charge in [0.1, 0.15) is 5.75 Å². The van der Waals surface area contributed by atoms with Crippen molar-refractivity contribution < 1.29 is 14.6 Å². The Morgan fingerprint density at radius 2 is 2.00 bits per heavy atom. The molecule has 2 aromatic carbocycles. The number of hydrogen-bond acceptors (Lipinski definition) is 4. The van der Waals surface area contributed by atoms with Crippen molar-refractivity contribution in [2.75, 3.05) is 13.7 Å². The maximum atomic E-state index is 9.92. The fraction of sp³-hybridized carbons (Fsp3) is 0.211. The van der Waals surface area contributed by atoms with E-state index in [1.807, 2.05) is 37.3 Å². The zero-order valence-electron chi connectivity index (χ0n) is 13.2. The van der Waals surface area contributed by atoms with Crippen molar-refractivity contribution in [3.05, 3.63) is 59.9 Å². The molecule has 0 spiro atoms. The molecular weight excluding hydrogens is 290 g/mol. The summed E-state index contributed by atoms with van der Waals surface area (Å²) in [4.78, 5) is 4.50. The van der Waals surface area contributed by atoms with Crippen molar-refractivity contribution in [3.8, 4) is 17.2 Å². The number of benzene rings is 2. The molecule has 4 heteroatoms. The van der Waals surface area contributed by atoms with Gasteiger partial charge in [0.2, 0.25) is 0 Å². The molecule has 23 heavy (non-hydrogen) atoms. The molecule has 3 aromatic rings. The second kappa shape index (κ2) is 6.57. The monoisotopic (exact) mass is 309 g/mol. The van der Waals surface area contributed by atoms with Crippen molar-refractivity contribution in [1.29, 1.82) is 0 Å². The zero-order chi connectivity index (χ0) is 16.2. The fourth-order valence-corrected chi connectivity index (χ4v) is 2.66. The van der Waals surface area contributed by atoms with Gasteiger partial charge in [-0.15, -0.1) is 0 Å². The molecule has 118 valence electrons. The van der Waals surface area contributed by atoms with Crippen LogP contribution in [0.3, 0.4) is 0 Å². The Labute approximate surface area is 135 Å². The Bertz CT molecular complexity index is 830. The van der Waals surface area contributed by atoms with E-state index in [4.69, 9.17) is 9.47 Å². The SMILES string of the molecule is CCOc1cccc(Cc2nccc3cc(O)c(OC)cc23)c1. The molecule has 0 aliphatic rings. The van der Waals surface area contributed by atoms with Gasteiger partial charge in [0, 0.05) is 18.0 Å². The highest BCUT2D eigenvalue weighted by Crippen LogP contribution is 2.32. The van der Waals surface area contributed by atoms with Gasteiger partial charge in [-0.3, -0.25) is 4.98 Å². The van der Waals surface area contributed by atoms with Crippen LogP contribution >= 0.6 is 0 Å². The van der Waals surface area contributed by atoms with E-state index < -0.39 is 0 Å². The van der Waals surface area contributed by atoms with Crippen molar-refractivity contribution in [2.45, 2.75) is 13.3 Å². The van der Waals surface area contributed by atoms with Crippen LogP contribution in [-0.4, -0.2) is 23.8 Å². The van der Waals surface area contributed by atoms with E-state index in [0.29, 0.717) is 18.8 Å². The van der Waals surface area contributed by atoms with Gasteiger partial charge >= 0.3 is 0 Å². The average molecular weight is 309 g/mol. The molecular formula is C19H19NO3. The van der Waals surface area contributed by atoms with Gasteiger partial charge in [-0.2, -0.15) is 0 Å². The number of fused-ring (bicyclic) bond motifs is 1. The number of phenols is 1. The molecule has 4 nitrogen and oxygen atoms in total. The maximum absolute atomic E-state index is 9.92. The highest BCUT2D eigenvalue weighted by atomic mass is 16.5. The van der Waals surface area contributed by atoms with E-state index in [9.17, 15) is 5.11 Å². The second-order valence-corrected chi connectivity index (χ2v) is 5.26. The maximum Gasteiger partial charge on any atom is 0.161 e. The number of phenolic OH excluding ortho intramolecular Hbond substituents is 1. The molecule has 1 aromatic heterocycles. The summed E-state index contributed by atoms with van der Waals surface area (Å²) in [5.74, 6) is 1.45. The van der Waals surface area contributed by atoms with Crippen LogP contribution in [-0.2, 0) is 6.42 Å². The average Bonchev–Trinajstić information content (AvgIpc) is 2.55. The minimum absolute atomic E-state index is 0.135. The van der Waals surface area contributed by atoms with Crippen LogP contribution in [0.1, 0.15) is 18.2 Å². The molecule has 0 unspecified atom stereocenters. The van der Waals surface area contributed by atoms with Crippen LogP contribution < -0.4 is 9.47 Å². The van der Waals surface area contributed by atoms with Gasteiger partial charge < -0.3 is 14.6 Å². The lowest BCUT2D eigenvalue weighted by Crippen LogP contribution is -1.96. The Morgan fingerprint density at radius 3 is 2.78 bits per heavy atom. The number of rotatable bonds is 5. The summed E-state index contributed by atoms with van der Waals surface area (Å²) < 4.78 is 10.8. The van der Waals surface area contributed by atoms with Crippen LogP contribution in [0.15, 0.2) is 48.7 Å². The van der Waals surface area contributed by atoms with Gasteiger partial charge in [0.15, 0.2) is 11.5 Å². The summed E-state index contributed by atoms with van der Waals surface area (Å²) in [6.45, 7) is 2.62. The number of aromatic hydroxyl groups is 1. The normalized spacial score (nSPS) is 10.7. The van der Waals surface area contributed by atoms with Gasteiger partial charge in [-0.1, -0.05) is 12.1 Å². The van der Waals surface area contributed by atoms with Gasteiger partial charge in [0.05, 0.1) is 19.4 Å². The van der Waals surface area contributed by atoms with Crippen LogP contribution in [0.25, 0.3) is 10.8 Å². The Kier molecular flexibility index (Phi) is 4.33. The second-order valence-electron chi connectivity index (χ2n) is 5.26. The van der Waals surface area contributed by atoms with Crippen LogP contribution in [0, 0.1) is 0 Å². The number of hydrogen-bond donors (Lipinski definition) is 1. The third-order valence-corrected chi connectivity index (χ3v) is 3.73. The van der Waals surface area contributed by atoms with E-state index in [0.717, 1.165) is 27.8 Å². The molecule has 0 atom stereocenters. The number of ether oxygens (including phenoxy) is 2. The standard InChI is InChI=1S/C19H19NO3/c1-3-23-15-6-4-5-13(9-15)10-17-16-12-19(22-2)18(21)11-14(16)7-8-20-17/h4-9,11-12,21H,3,10H2,1-2H3. The summed E-state index contributed by atoms with van der Waals surface area (Å²) in [5, 5.41) is 11.8. The van der Waals surface area contributed by atoms with Gasteiger partial charge in [-0.05, 0) is 48.2 Å². The van der Waals surface area contributed by atoms with E-state index in [1.165, 1.54) is 0 Å². The van der Waals surface area contributed by atoms with Gasteiger partial charge in [0.25, 0.3) is 0 Å². The molecule has 0 radical (unpaired) electrons. The van der Waals surface area contributed by atoms with E-state index >= 15 is 0 Å². The molecule has 3 rings (SSSR count). The number of aromatic nitrogens is 1. The lowest BCUT2D eigenvalue weighted by molar-refractivity contribution is 0.340. The van der Waals surface area contributed by atoms with Crippen LogP contribution in [0.2, 0.25) is 0 Å². The Morgan fingerprint density at radius 1 is 1.13 bits per heavy atom. The van der Waals surface area contributed by atoms with Crippen LogP contribution in [0.4, 0.5) is 0 Å². The number of pyridine rings is 1. The fourth-order valence-electron chi connectivity index (χ4n) is 2.66. The predicted molar refractivity (Wildman–Crippen MR) is 90.4 cm³/mol. The number of methoxy groups -OCH3 is 1. The summed E-state index contributed by atoms with van der Waals surface area (Å²) >= 11 is 0. The smallest absolute Gasteiger partial charge is 0.161 e. The van der Waals surface area contributed by atoms with Crippen molar-refractivity contribution in [1.82, 2.24) is 4.98 Å². The largest absolute Gasteiger partial charge is 0.504 e. The van der Waals surface area contributed by atoms with E-state index in [-0.39, 0.29) is 5.75 Å². The summed E-state index contributed by atoms with van der Waals surface area (Å²) in [5.41, 5.74) is 2.07. The minimum Gasteiger partial charge on any atom is -0.504 e. The quantitative estimate of drug-likeness (QED) is 0.775. The first-order valence-corrected chi connectivity index (χ1v) is 7.57. The van der Waals surface area contributed by atoms with Crippen LogP contribution in [0.5, 0.6) is 17.2 Å². The summed E-state index contributed by atoms with van der Waals surface area (Å²) in [6.07, 6.45) is 2.45. The molecule has 0 aliphatic carbocycles. The molecule has 0 fully saturated rings. The first kappa shape index (κ1) is 15.2. The molecule has 0 aliphatic heterocycles. The predicted octanol–water partition coefficient (Wildman–Crippen LogP) is 3.94. The van der Waals surface area contributed by atoms with Gasteiger partial charge in [-0.25, -0.2) is 0 Å². The molecule has 0 saturated heterocycles. The van der Waals surface area contributed by atoms with Crippen molar-refractivity contribution in [3.63, 3.8) is 0 Å². The lowest BCUT2D eigenvalue weighted by atomic mass is 10.0. The molecule has 0 saturated carbocycles. The highest BCUT2D eigenvalue weighted by molar-refractivity contribution is 5.88. The third-order valence-electron chi connectivity index (χ3n) is 3.73. The van der Waals surface area contributed by atoms with Crippen molar-refractivity contribution in [2.24, 2.45) is 0 Å². The van der Waals surface area contributed by atoms with Crippen molar-refractivity contribution >= 4 is 10.8 Å². The Balaban J connectivity index is 2.01. The first-order chi connectivity index (χ1) is 11.2. The molecule has 1 heterocycles.